The van der Waals surface area contributed by atoms with Crippen LogP contribution in [0.2, 0.25) is 0 Å². The molecule has 0 unspecified atom stereocenters. The summed E-state index contributed by atoms with van der Waals surface area (Å²) in [4.78, 5) is 0. The van der Waals surface area contributed by atoms with E-state index < -0.39 is 7.12 Å². The Balaban J connectivity index is 2.26. The van der Waals surface area contributed by atoms with Crippen LogP contribution in [0.15, 0.2) is 16.6 Å². The van der Waals surface area contributed by atoms with Gasteiger partial charge in [-0.15, -0.1) is 0 Å². The third kappa shape index (κ3) is 2.87. The number of hydrogen-bond acceptors (Lipinski definition) is 3. The summed E-state index contributed by atoms with van der Waals surface area (Å²) in [5.74, 6) is 0.256. The van der Waals surface area contributed by atoms with Gasteiger partial charge in [0.2, 0.25) is 0 Å². The fraction of sp³-hybridized carbons (Fsp3) is 0.500. The quantitative estimate of drug-likeness (QED) is 0.781. The molecule has 0 bridgehead atoms. The Morgan fingerprint density at radius 1 is 1.28 bits per heavy atom. The van der Waals surface area contributed by atoms with Crippen molar-refractivity contribution < 1.29 is 18.4 Å². The standard InChI is InChI=1S/C12H15BBrFO3/c1-16-13(17-2)10-6-9(7-11(14)12(10)15)18-8-4-3-5-8/h6-8H,3-5H2,1-2H3. The average molecular weight is 317 g/mol. The average Bonchev–Trinajstić information content (AvgIpc) is 2.31. The molecule has 18 heavy (non-hydrogen) atoms. The van der Waals surface area contributed by atoms with Gasteiger partial charge in [-0.3, -0.25) is 0 Å². The van der Waals surface area contributed by atoms with Gasteiger partial charge in [-0.2, -0.15) is 0 Å². The Kier molecular flexibility index (Phi) is 4.64. The third-order valence-electron chi connectivity index (χ3n) is 3.07. The molecule has 1 saturated carbocycles. The van der Waals surface area contributed by atoms with E-state index in [2.05, 4.69) is 15.9 Å². The first-order valence-electron chi connectivity index (χ1n) is 5.87. The van der Waals surface area contributed by atoms with Crippen LogP contribution in [0.4, 0.5) is 4.39 Å². The molecule has 0 saturated heterocycles. The Labute approximate surface area is 115 Å². The molecule has 1 fully saturated rings. The zero-order chi connectivity index (χ0) is 13.1. The van der Waals surface area contributed by atoms with Gasteiger partial charge >= 0.3 is 7.12 Å². The van der Waals surface area contributed by atoms with Crippen molar-refractivity contribution in [3.8, 4) is 5.75 Å². The van der Waals surface area contributed by atoms with E-state index in [4.69, 9.17) is 14.0 Å². The maximum absolute atomic E-state index is 14.0. The number of halogens is 2. The molecule has 6 heteroatoms. The highest BCUT2D eigenvalue weighted by Crippen LogP contribution is 2.27. The first kappa shape index (κ1) is 13.8. The molecule has 0 aliphatic heterocycles. The van der Waals surface area contributed by atoms with Gasteiger partial charge in [0.05, 0.1) is 10.6 Å². The van der Waals surface area contributed by atoms with Crippen LogP contribution >= 0.6 is 15.9 Å². The molecule has 0 aromatic heterocycles. The fourth-order valence-electron chi connectivity index (χ4n) is 1.86. The molecular weight excluding hydrogens is 302 g/mol. The van der Waals surface area contributed by atoms with E-state index in [9.17, 15) is 4.39 Å². The second-order valence-corrected chi connectivity index (χ2v) is 5.14. The summed E-state index contributed by atoms with van der Waals surface area (Å²) >= 11 is 3.19. The van der Waals surface area contributed by atoms with E-state index in [1.54, 1.807) is 12.1 Å². The summed E-state index contributed by atoms with van der Waals surface area (Å²) in [7, 11) is 2.22. The molecule has 3 nitrogen and oxygen atoms in total. The smallest absolute Gasteiger partial charge is 0.490 e. The van der Waals surface area contributed by atoms with Crippen LogP contribution in [-0.4, -0.2) is 27.4 Å². The molecule has 98 valence electrons. The summed E-state index contributed by atoms with van der Waals surface area (Å²) in [5, 5.41) is 0. The van der Waals surface area contributed by atoms with E-state index >= 15 is 0 Å². The summed E-state index contributed by atoms with van der Waals surface area (Å²) < 4.78 is 30.3. The van der Waals surface area contributed by atoms with E-state index in [0.29, 0.717) is 15.7 Å². The highest BCUT2D eigenvalue weighted by molar-refractivity contribution is 9.10. The lowest BCUT2D eigenvalue weighted by atomic mass is 9.78. The second kappa shape index (κ2) is 6.04. The van der Waals surface area contributed by atoms with Crippen molar-refractivity contribution in [1.82, 2.24) is 0 Å². The highest BCUT2D eigenvalue weighted by Gasteiger charge is 2.26. The molecule has 0 amide bonds. The number of rotatable bonds is 5. The number of hydrogen-bond donors (Lipinski definition) is 0. The molecule has 1 aromatic rings. The SMILES string of the molecule is COB(OC)c1cc(OC2CCC2)cc(Br)c1F. The van der Waals surface area contributed by atoms with Crippen LogP contribution in [0.3, 0.4) is 0 Å². The second-order valence-electron chi connectivity index (χ2n) is 4.28. The van der Waals surface area contributed by atoms with Gasteiger partial charge in [0.1, 0.15) is 11.6 Å². The molecule has 0 atom stereocenters. The van der Waals surface area contributed by atoms with Crippen molar-refractivity contribution in [1.29, 1.82) is 0 Å². The summed E-state index contributed by atoms with van der Waals surface area (Å²) in [6, 6.07) is 3.27. The highest BCUT2D eigenvalue weighted by atomic mass is 79.9. The van der Waals surface area contributed by atoms with Crippen molar-refractivity contribution in [3.05, 3.63) is 22.4 Å². The van der Waals surface area contributed by atoms with E-state index in [1.165, 1.54) is 20.6 Å². The van der Waals surface area contributed by atoms with Crippen LogP contribution in [0.25, 0.3) is 0 Å². The van der Waals surface area contributed by atoms with Gasteiger partial charge < -0.3 is 14.0 Å². The molecule has 0 spiro atoms. The Morgan fingerprint density at radius 3 is 2.44 bits per heavy atom. The number of ether oxygens (including phenoxy) is 1. The van der Waals surface area contributed by atoms with Crippen molar-refractivity contribution in [2.45, 2.75) is 25.4 Å². The minimum absolute atomic E-state index is 0.249. The van der Waals surface area contributed by atoms with Gasteiger partial charge in [-0.05, 0) is 47.3 Å². The molecular formula is C12H15BBrFO3. The predicted molar refractivity (Wildman–Crippen MR) is 71.8 cm³/mol. The maximum Gasteiger partial charge on any atom is 0.496 e. The molecule has 1 aliphatic carbocycles. The first-order valence-corrected chi connectivity index (χ1v) is 6.66. The van der Waals surface area contributed by atoms with E-state index in [1.807, 2.05) is 0 Å². The Hall–Kier alpha value is -0.585. The zero-order valence-corrected chi connectivity index (χ0v) is 12.0. The first-order chi connectivity index (χ1) is 8.65. The van der Waals surface area contributed by atoms with Gasteiger partial charge in [0.25, 0.3) is 0 Å². The maximum atomic E-state index is 14.0. The van der Waals surface area contributed by atoms with Gasteiger partial charge in [0.15, 0.2) is 0 Å². The summed E-state index contributed by atoms with van der Waals surface area (Å²) in [6.45, 7) is 0. The van der Waals surface area contributed by atoms with Crippen LogP contribution in [0, 0.1) is 5.82 Å². The fourth-order valence-corrected chi connectivity index (χ4v) is 2.31. The van der Waals surface area contributed by atoms with Crippen LogP contribution in [0.1, 0.15) is 19.3 Å². The monoisotopic (exact) mass is 316 g/mol. The van der Waals surface area contributed by atoms with Gasteiger partial charge in [-0.1, -0.05) is 0 Å². The van der Waals surface area contributed by atoms with Crippen LogP contribution in [-0.2, 0) is 9.31 Å². The van der Waals surface area contributed by atoms with Crippen LogP contribution in [0.5, 0.6) is 5.75 Å². The lowest BCUT2D eigenvalue weighted by Gasteiger charge is -2.27. The topological polar surface area (TPSA) is 27.7 Å². The minimum atomic E-state index is -0.730. The van der Waals surface area contributed by atoms with Gasteiger partial charge in [-0.25, -0.2) is 4.39 Å². The van der Waals surface area contributed by atoms with Crippen LogP contribution < -0.4 is 10.2 Å². The van der Waals surface area contributed by atoms with Crippen molar-refractivity contribution in [3.63, 3.8) is 0 Å². The van der Waals surface area contributed by atoms with Crippen molar-refractivity contribution in [2.24, 2.45) is 0 Å². The van der Waals surface area contributed by atoms with Gasteiger partial charge in [0, 0.05) is 19.7 Å². The summed E-state index contributed by atoms with van der Waals surface area (Å²) in [6.07, 6.45) is 3.56. The summed E-state index contributed by atoms with van der Waals surface area (Å²) in [5.41, 5.74) is 0.337. The third-order valence-corrected chi connectivity index (χ3v) is 3.64. The van der Waals surface area contributed by atoms with Crippen molar-refractivity contribution >= 4 is 28.5 Å². The molecule has 0 N–H and O–H groups in total. The Morgan fingerprint density at radius 2 is 1.94 bits per heavy atom. The molecule has 1 aliphatic rings. The molecule has 0 heterocycles. The van der Waals surface area contributed by atoms with Crippen molar-refractivity contribution in [2.75, 3.05) is 14.2 Å². The molecule has 2 rings (SSSR count). The lowest BCUT2D eigenvalue weighted by molar-refractivity contribution is 0.120. The minimum Gasteiger partial charge on any atom is -0.490 e. The number of benzene rings is 1. The Bertz CT molecular complexity index is 422. The predicted octanol–water partition coefficient (Wildman–Crippen LogP) is 2.51. The molecule has 1 aromatic carbocycles. The largest absolute Gasteiger partial charge is 0.496 e. The zero-order valence-electron chi connectivity index (χ0n) is 10.4. The van der Waals surface area contributed by atoms with E-state index in [0.717, 1.165) is 12.8 Å². The lowest BCUT2D eigenvalue weighted by Crippen LogP contribution is -2.37. The molecule has 0 radical (unpaired) electrons. The normalized spacial score (nSPS) is 15.3. The van der Waals surface area contributed by atoms with E-state index in [-0.39, 0.29) is 11.9 Å².